The van der Waals surface area contributed by atoms with Gasteiger partial charge in [0.15, 0.2) is 0 Å². The number of nitrogens with zero attached hydrogens (tertiary/aromatic N) is 1. The Labute approximate surface area is 177 Å². The third-order valence-corrected chi connectivity index (χ3v) is 5.82. The molecule has 0 aliphatic heterocycles. The Morgan fingerprint density at radius 3 is 2.43 bits per heavy atom. The van der Waals surface area contributed by atoms with Crippen LogP contribution < -0.4 is 5.32 Å². The van der Waals surface area contributed by atoms with E-state index in [1.165, 1.54) is 5.56 Å². The number of carbonyl (C=O) groups excluding carboxylic acids is 1. The summed E-state index contributed by atoms with van der Waals surface area (Å²) in [5.41, 5.74) is 2.66. The Hall–Kier alpha value is -2.77. The molecule has 1 atom stereocenters. The van der Waals surface area contributed by atoms with Crippen molar-refractivity contribution in [2.75, 3.05) is 5.75 Å². The average Bonchev–Trinajstić information content (AvgIpc) is 2.69. The first-order valence-corrected chi connectivity index (χ1v) is 11.3. The molecule has 0 aliphatic carbocycles. The molecule has 0 bridgehead atoms. The maximum Gasteiger partial charge on any atom is 0.265 e. The van der Waals surface area contributed by atoms with Crippen LogP contribution in [-0.4, -0.2) is 29.6 Å². The molecule has 3 rings (SSSR count). The highest BCUT2D eigenvalue weighted by Gasteiger charge is 2.27. The Morgan fingerprint density at radius 1 is 1.10 bits per heavy atom. The standard InChI is InChI=1S/C23H26N2O4S/c1-23(2,3)18-9-7-16(8-10-18)13-25-22(26)21(15-30(27,28)29)20-6-4-5-17-14-24-12-11-19(17)20/h4-12,14,21H,13,15H2,1-3H3,(H,25,26)(H,27,28,29). The lowest BCUT2D eigenvalue weighted by molar-refractivity contribution is -0.122. The van der Waals surface area contributed by atoms with E-state index in [0.29, 0.717) is 5.56 Å². The number of fused-ring (bicyclic) bond motifs is 1. The molecule has 1 aromatic heterocycles. The van der Waals surface area contributed by atoms with Crippen LogP contribution in [0.5, 0.6) is 0 Å². The molecular weight excluding hydrogens is 400 g/mol. The normalized spacial score (nSPS) is 13.2. The van der Waals surface area contributed by atoms with Gasteiger partial charge in [-0.3, -0.25) is 14.3 Å². The van der Waals surface area contributed by atoms with Crippen LogP contribution in [0.4, 0.5) is 0 Å². The van der Waals surface area contributed by atoms with Crippen LogP contribution in [0.15, 0.2) is 60.9 Å². The second kappa shape index (κ2) is 8.53. The largest absolute Gasteiger partial charge is 0.351 e. The number of benzene rings is 2. The fraction of sp³-hybridized carbons (Fsp3) is 0.304. The minimum atomic E-state index is -4.37. The third kappa shape index (κ3) is 5.43. The molecule has 0 radical (unpaired) electrons. The Morgan fingerprint density at radius 2 is 1.80 bits per heavy atom. The first-order chi connectivity index (χ1) is 14.0. The van der Waals surface area contributed by atoms with E-state index in [9.17, 15) is 17.8 Å². The number of hydrogen-bond acceptors (Lipinski definition) is 4. The summed E-state index contributed by atoms with van der Waals surface area (Å²) in [6, 6.07) is 15.0. The topological polar surface area (TPSA) is 96.4 Å². The smallest absolute Gasteiger partial charge is 0.265 e. The fourth-order valence-electron chi connectivity index (χ4n) is 3.40. The minimum absolute atomic E-state index is 0.0333. The van der Waals surface area contributed by atoms with Gasteiger partial charge in [0.2, 0.25) is 5.91 Å². The molecular formula is C23H26N2O4S. The van der Waals surface area contributed by atoms with Gasteiger partial charge in [-0.2, -0.15) is 8.42 Å². The first kappa shape index (κ1) is 21.9. The van der Waals surface area contributed by atoms with Crippen LogP contribution in [0, 0.1) is 0 Å². The number of pyridine rings is 1. The second-order valence-corrected chi connectivity index (χ2v) is 9.91. The molecule has 1 amide bonds. The molecule has 1 heterocycles. The van der Waals surface area contributed by atoms with Gasteiger partial charge in [0.05, 0.1) is 11.7 Å². The first-order valence-electron chi connectivity index (χ1n) is 9.69. The number of hydrogen-bond donors (Lipinski definition) is 2. The zero-order chi connectivity index (χ0) is 21.9. The third-order valence-electron chi connectivity index (χ3n) is 5.07. The molecule has 30 heavy (non-hydrogen) atoms. The Balaban J connectivity index is 1.85. The fourth-order valence-corrected chi connectivity index (χ4v) is 4.16. The lowest BCUT2D eigenvalue weighted by Gasteiger charge is -2.20. The predicted octanol–water partition coefficient (Wildman–Crippen LogP) is 3.82. The van der Waals surface area contributed by atoms with E-state index in [-0.39, 0.29) is 12.0 Å². The van der Waals surface area contributed by atoms with Gasteiger partial charge in [0, 0.05) is 24.3 Å². The molecule has 0 saturated heterocycles. The van der Waals surface area contributed by atoms with Gasteiger partial charge in [-0.1, -0.05) is 63.2 Å². The van der Waals surface area contributed by atoms with E-state index in [2.05, 4.69) is 31.1 Å². The zero-order valence-corrected chi connectivity index (χ0v) is 18.1. The number of carbonyl (C=O) groups is 1. The van der Waals surface area contributed by atoms with Gasteiger partial charge in [-0.25, -0.2) is 0 Å². The maximum absolute atomic E-state index is 13.0. The van der Waals surface area contributed by atoms with E-state index < -0.39 is 27.7 Å². The van der Waals surface area contributed by atoms with Crippen molar-refractivity contribution in [1.82, 2.24) is 10.3 Å². The SMILES string of the molecule is CC(C)(C)c1ccc(CNC(=O)C(CS(=O)(=O)O)c2cccc3cnccc23)cc1. The van der Waals surface area contributed by atoms with Crippen molar-refractivity contribution in [2.45, 2.75) is 38.6 Å². The minimum Gasteiger partial charge on any atom is -0.351 e. The van der Waals surface area contributed by atoms with E-state index in [1.54, 1.807) is 30.6 Å². The van der Waals surface area contributed by atoms with Crippen molar-refractivity contribution in [1.29, 1.82) is 0 Å². The summed E-state index contributed by atoms with van der Waals surface area (Å²) in [4.78, 5) is 17.0. The summed E-state index contributed by atoms with van der Waals surface area (Å²) in [6.07, 6.45) is 3.24. The molecule has 0 saturated carbocycles. The highest BCUT2D eigenvalue weighted by atomic mass is 32.2. The highest BCUT2D eigenvalue weighted by molar-refractivity contribution is 7.85. The van der Waals surface area contributed by atoms with E-state index in [0.717, 1.165) is 16.3 Å². The summed E-state index contributed by atoms with van der Waals surface area (Å²) >= 11 is 0. The lowest BCUT2D eigenvalue weighted by atomic mass is 9.87. The number of rotatable bonds is 6. The maximum atomic E-state index is 13.0. The number of amides is 1. The van der Waals surface area contributed by atoms with Crippen molar-refractivity contribution < 1.29 is 17.8 Å². The Kier molecular flexibility index (Phi) is 6.24. The molecule has 0 aliphatic rings. The van der Waals surface area contributed by atoms with Crippen molar-refractivity contribution in [2.24, 2.45) is 0 Å². The van der Waals surface area contributed by atoms with E-state index in [4.69, 9.17) is 0 Å². The summed E-state index contributed by atoms with van der Waals surface area (Å²) in [5, 5.41) is 4.33. The molecule has 2 aromatic carbocycles. The quantitative estimate of drug-likeness (QED) is 0.584. The number of aromatic nitrogens is 1. The molecule has 6 nitrogen and oxygen atoms in total. The molecule has 7 heteroatoms. The molecule has 0 spiro atoms. The molecule has 2 N–H and O–H groups in total. The van der Waals surface area contributed by atoms with E-state index in [1.807, 2.05) is 30.3 Å². The van der Waals surface area contributed by atoms with Crippen LogP contribution in [0.2, 0.25) is 0 Å². The van der Waals surface area contributed by atoms with Crippen LogP contribution in [0.1, 0.15) is 43.4 Å². The van der Waals surface area contributed by atoms with Crippen LogP contribution in [0.25, 0.3) is 10.8 Å². The predicted molar refractivity (Wildman–Crippen MR) is 118 cm³/mol. The van der Waals surface area contributed by atoms with Gasteiger partial charge in [-0.15, -0.1) is 0 Å². The van der Waals surface area contributed by atoms with Crippen molar-refractivity contribution in [3.8, 4) is 0 Å². The highest BCUT2D eigenvalue weighted by Crippen LogP contribution is 2.27. The van der Waals surface area contributed by atoms with Crippen molar-refractivity contribution in [3.05, 3.63) is 77.6 Å². The molecule has 158 valence electrons. The van der Waals surface area contributed by atoms with E-state index >= 15 is 0 Å². The van der Waals surface area contributed by atoms with Crippen molar-refractivity contribution in [3.63, 3.8) is 0 Å². The molecule has 1 unspecified atom stereocenters. The molecule has 3 aromatic rings. The Bertz CT molecular complexity index is 1140. The summed E-state index contributed by atoms with van der Waals surface area (Å²) in [7, 11) is -4.37. The van der Waals surface area contributed by atoms with Gasteiger partial charge >= 0.3 is 0 Å². The number of nitrogens with one attached hydrogen (secondary N) is 1. The average molecular weight is 427 g/mol. The van der Waals surface area contributed by atoms with Gasteiger partial charge in [0.1, 0.15) is 0 Å². The second-order valence-electron chi connectivity index (χ2n) is 8.41. The summed E-state index contributed by atoms with van der Waals surface area (Å²) in [5.74, 6) is -2.19. The van der Waals surface area contributed by atoms with Gasteiger partial charge in [-0.05, 0) is 33.6 Å². The van der Waals surface area contributed by atoms with Crippen LogP contribution >= 0.6 is 0 Å². The van der Waals surface area contributed by atoms with Crippen molar-refractivity contribution >= 4 is 26.8 Å². The lowest BCUT2D eigenvalue weighted by Crippen LogP contribution is -2.33. The van der Waals surface area contributed by atoms with Gasteiger partial charge < -0.3 is 5.32 Å². The van der Waals surface area contributed by atoms with Gasteiger partial charge in [0.25, 0.3) is 10.1 Å². The van der Waals surface area contributed by atoms with Crippen LogP contribution in [0.3, 0.4) is 0 Å². The molecule has 0 fully saturated rings. The van der Waals surface area contributed by atoms with Crippen LogP contribution in [-0.2, 0) is 26.9 Å². The zero-order valence-electron chi connectivity index (χ0n) is 17.3. The summed E-state index contributed by atoms with van der Waals surface area (Å²) < 4.78 is 32.7. The summed E-state index contributed by atoms with van der Waals surface area (Å²) in [6.45, 7) is 6.65. The monoisotopic (exact) mass is 426 g/mol.